The van der Waals surface area contributed by atoms with E-state index in [1.54, 1.807) is 18.2 Å². The molecule has 0 aliphatic heterocycles. The zero-order chi connectivity index (χ0) is 9.68. The highest BCUT2D eigenvalue weighted by Crippen LogP contribution is 2.11. The maximum atomic E-state index is 11.4. The first-order valence-corrected chi connectivity index (χ1v) is 4.20. The summed E-state index contributed by atoms with van der Waals surface area (Å²) in [7, 11) is 0. The molecule has 0 fully saturated rings. The van der Waals surface area contributed by atoms with E-state index in [2.05, 4.69) is 23.9 Å². The number of rotatable bonds is 2. The molecule has 2 nitrogen and oxygen atoms in total. The minimum Gasteiger partial charge on any atom is -0.341 e. The van der Waals surface area contributed by atoms with Crippen LogP contribution in [0.3, 0.4) is 0 Å². The van der Waals surface area contributed by atoms with Crippen LogP contribution < -0.4 is 5.32 Å². The molecule has 0 bridgehead atoms. The molecule has 0 spiro atoms. The quantitative estimate of drug-likeness (QED) is 0.536. The first kappa shape index (κ1) is 9.69. The number of carbonyl (C=O) groups excluding carboxylic acids is 1. The van der Waals surface area contributed by atoms with E-state index in [-0.39, 0.29) is 12.5 Å². The Morgan fingerprint density at radius 2 is 2.23 bits per heavy atom. The molecule has 1 N–H and O–H groups in total. The molecule has 0 aliphatic carbocycles. The molecule has 1 rings (SSSR count). The standard InChI is InChI=1S/C10H9NOS/c1-2-7-11-10(12)8-5-3-4-6-9(8)13/h1,3-6,13H,7H2,(H,11,12). The number of carbonyl (C=O) groups is 1. The van der Waals surface area contributed by atoms with Crippen LogP contribution in [0.5, 0.6) is 0 Å². The fraction of sp³-hybridized carbons (Fsp3) is 0.100. The van der Waals surface area contributed by atoms with Gasteiger partial charge in [-0.2, -0.15) is 0 Å². The van der Waals surface area contributed by atoms with E-state index in [0.717, 1.165) is 0 Å². The van der Waals surface area contributed by atoms with Gasteiger partial charge in [0.15, 0.2) is 0 Å². The lowest BCUT2D eigenvalue weighted by molar-refractivity contribution is 0.0956. The van der Waals surface area contributed by atoms with Crippen molar-refractivity contribution >= 4 is 18.5 Å². The van der Waals surface area contributed by atoms with E-state index in [9.17, 15) is 4.79 Å². The van der Waals surface area contributed by atoms with Crippen LogP contribution in [0.25, 0.3) is 0 Å². The van der Waals surface area contributed by atoms with Gasteiger partial charge in [0.1, 0.15) is 0 Å². The number of hydrogen-bond acceptors (Lipinski definition) is 2. The molecule has 0 heterocycles. The third kappa shape index (κ3) is 2.53. The molecule has 66 valence electrons. The van der Waals surface area contributed by atoms with E-state index in [1.807, 2.05) is 6.07 Å². The van der Waals surface area contributed by atoms with Gasteiger partial charge in [-0.3, -0.25) is 4.79 Å². The van der Waals surface area contributed by atoms with Crippen LogP contribution in [0.2, 0.25) is 0 Å². The summed E-state index contributed by atoms with van der Waals surface area (Å²) in [4.78, 5) is 12.0. The summed E-state index contributed by atoms with van der Waals surface area (Å²) in [5.41, 5.74) is 0.543. The smallest absolute Gasteiger partial charge is 0.253 e. The predicted molar refractivity (Wildman–Crippen MR) is 54.9 cm³/mol. The van der Waals surface area contributed by atoms with Crippen LogP contribution in [-0.4, -0.2) is 12.5 Å². The fourth-order valence-electron chi connectivity index (χ4n) is 0.892. The third-order valence-electron chi connectivity index (χ3n) is 1.50. The maximum absolute atomic E-state index is 11.4. The summed E-state index contributed by atoms with van der Waals surface area (Å²) in [5.74, 6) is 2.14. The van der Waals surface area contributed by atoms with Crippen LogP contribution in [0.15, 0.2) is 29.2 Å². The second-order valence-corrected chi connectivity index (χ2v) is 2.89. The van der Waals surface area contributed by atoms with Gasteiger partial charge in [0.05, 0.1) is 12.1 Å². The Balaban J connectivity index is 2.78. The van der Waals surface area contributed by atoms with Gasteiger partial charge in [0.25, 0.3) is 5.91 Å². The SMILES string of the molecule is C#CCNC(=O)c1ccccc1S. The Morgan fingerprint density at radius 1 is 1.54 bits per heavy atom. The molecule has 13 heavy (non-hydrogen) atoms. The van der Waals surface area contributed by atoms with Gasteiger partial charge < -0.3 is 5.32 Å². The summed E-state index contributed by atoms with van der Waals surface area (Å²) in [5, 5.41) is 2.57. The lowest BCUT2D eigenvalue weighted by Crippen LogP contribution is -2.23. The van der Waals surface area contributed by atoms with E-state index in [1.165, 1.54) is 0 Å². The maximum Gasteiger partial charge on any atom is 0.253 e. The van der Waals surface area contributed by atoms with Crippen LogP contribution in [-0.2, 0) is 0 Å². The number of amides is 1. The number of hydrogen-bond donors (Lipinski definition) is 2. The van der Waals surface area contributed by atoms with E-state index in [4.69, 9.17) is 6.42 Å². The average molecular weight is 191 g/mol. The molecular formula is C10H9NOS. The molecule has 0 saturated heterocycles. The normalized spacial score (nSPS) is 8.92. The lowest BCUT2D eigenvalue weighted by atomic mass is 10.2. The Bertz CT molecular complexity index is 354. The van der Waals surface area contributed by atoms with Crippen LogP contribution in [0.1, 0.15) is 10.4 Å². The average Bonchev–Trinajstić information content (AvgIpc) is 2.15. The summed E-state index contributed by atoms with van der Waals surface area (Å²) >= 11 is 4.15. The molecule has 0 radical (unpaired) electrons. The zero-order valence-electron chi connectivity index (χ0n) is 6.95. The number of nitrogens with one attached hydrogen (secondary N) is 1. The second-order valence-electron chi connectivity index (χ2n) is 2.40. The molecule has 0 aromatic heterocycles. The minimum atomic E-state index is -0.191. The van der Waals surface area contributed by atoms with Crippen molar-refractivity contribution < 1.29 is 4.79 Å². The molecular weight excluding hydrogens is 182 g/mol. The molecule has 0 atom stereocenters. The lowest BCUT2D eigenvalue weighted by Gasteiger charge is -2.03. The largest absolute Gasteiger partial charge is 0.341 e. The van der Waals surface area contributed by atoms with Gasteiger partial charge in [0, 0.05) is 4.90 Å². The van der Waals surface area contributed by atoms with Crippen molar-refractivity contribution in [3.05, 3.63) is 29.8 Å². The Labute approximate surface area is 82.8 Å². The van der Waals surface area contributed by atoms with Crippen molar-refractivity contribution in [2.45, 2.75) is 4.90 Å². The fourth-order valence-corrected chi connectivity index (χ4v) is 1.15. The Hall–Kier alpha value is -1.40. The minimum absolute atomic E-state index is 0.191. The van der Waals surface area contributed by atoms with E-state index in [0.29, 0.717) is 10.5 Å². The summed E-state index contributed by atoms with van der Waals surface area (Å²) in [6, 6.07) is 7.06. The number of benzene rings is 1. The Morgan fingerprint density at radius 3 is 2.85 bits per heavy atom. The van der Waals surface area contributed by atoms with Gasteiger partial charge in [-0.05, 0) is 12.1 Å². The summed E-state index contributed by atoms with van der Waals surface area (Å²) in [6.07, 6.45) is 5.01. The first-order valence-electron chi connectivity index (χ1n) is 3.75. The number of thiol groups is 1. The molecule has 0 unspecified atom stereocenters. The van der Waals surface area contributed by atoms with Crippen molar-refractivity contribution in [3.8, 4) is 12.3 Å². The number of terminal acetylenes is 1. The molecule has 1 aromatic rings. The topological polar surface area (TPSA) is 29.1 Å². The first-order chi connectivity index (χ1) is 6.25. The van der Waals surface area contributed by atoms with Crippen molar-refractivity contribution in [1.29, 1.82) is 0 Å². The highest BCUT2D eigenvalue weighted by Gasteiger charge is 2.06. The highest BCUT2D eigenvalue weighted by molar-refractivity contribution is 7.80. The van der Waals surface area contributed by atoms with Crippen LogP contribution >= 0.6 is 12.6 Å². The van der Waals surface area contributed by atoms with Crippen molar-refractivity contribution in [2.24, 2.45) is 0 Å². The van der Waals surface area contributed by atoms with E-state index < -0.39 is 0 Å². The molecule has 0 saturated carbocycles. The summed E-state index contributed by atoms with van der Waals surface area (Å²) in [6.45, 7) is 0.237. The van der Waals surface area contributed by atoms with Crippen molar-refractivity contribution in [1.82, 2.24) is 5.32 Å². The molecule has 1 aromatic carbocycles. The van der Waals surface area contributed by atoms with Crippen molar-refractivity contribution in [3.63, 3.8) is 0 Å². The monoisotopic (exact) mass is 191 g/mol. The molecule has 3 heteroatoms. The zero-order valence-corrected chi connectivity index (χ0v) is 7.84. The highest BCUT2D eigenvalue weighted by atomic mass is 32.1. The predicted octanol–water partition coefficient (Wildman–Crippen LogP) is 1.34. The van der Waals surface area contributed by atoms with Gasteiger partial charge in [0.2, 0.25) is 0 Å². The Kier molecular flexibility index (Phi) is 3.41. The molecule has 0 aliphatic rings. The van der Waals surface area contributed by atoms with Crippen molar-refractivity contribution in [2.75, 3.05) is 6.54 Å². The van der Waals surface area contributed by atoms with Crippen LogP contribution in [0.4, 0.5) is 0 Å². The summed E-state index contributed by atoms with van der Waals surface area (Å²) < 4.78 is 0. The van der Waals surface area contributed by atoms with E-state index >= 15 is 0 Å². The van der Waals surface area contributed by atoms with Gasteiger partial charge in [-0.1, -0.05) is 18.1 Å². The molecule has 1 amide bonds. The third-order valence-corrected chi connectivity index (χ3v) is 1.89. The van der Waals surface area contributed by atoms with Crippen LogP contribution in [0, 0.1) is 12.3 Å². The van der Waals surface area contributed by atoms with Gasteiger partial charge in [-0.25, -0.2) is 0 Å². The second kappa shape index (κ2) is 4.58. The van der Waals surface area contributed by atoms with Gasteiger partial charge >= 0.3 is 0 Å². The van der Waals surface area contributed by atoms with Gasteiger partial charge in [-0.15, -0.1) is 19.1 Å².